The zero-order valence-electron chi connectivity index (χ0n) is 10.7. The molecule has 2 aromatic heterocycles. The molecule has 0 saturated heterocycles. The summed E-state index contributed by atoms with van der Waals surface area (Å²) < 4.78 is 2.36. The molecule has 3 rings (SSSR count). The van der Waals surface area contributed by atoms with Crippen molar-refractivity contribution in [2.24, 2.45) is 5.92 Å². The highest BCUT2D eigenvalue weighted by Crippen LogP contribution is 2.28. The van der Waals surface area contributed by atoms with Crippen molar-refractivity contribution >= 4 is 5.52 Å². The minimum atomic E-state index is 0.829. The predicted molar refractivity (Wildman–Crippen MR) is 71.5 cm³/mol. The van der Waals surface area contributed by atoms with E-state index in [1.807, 2.05) is 0 Å². The van der Waals surface area contributed by atoms with Gasteiger partial charge in [-0.05, 0) is 63.0 Å². The van der Waals surface area contributed by atoms with Gasteiger partial charge in [-0.3, -0.25) is 0 Å². The van der Waals surface area contributed by atoms with Gasteiger partial charge in [0.15, 0.2) is 0 Å². The van der Waals surface area contributed by atoms with Gasteiger partial charge < -0.3 is 9.30 Å². The standard InChI is InChI=1S/C15H20N2/c1-16(2)11-12-6-7-15-13(9-12)10-14-5-3-4-8-17(14)15/h3-5,8,10,12H,6-7,9,11H2,1-2H3. The molecular weight excluding hydrogens is 208 g/mol. The molecule has 0 N–H and O–H groups in total. The Hall–Kier alpha value is -1.28. The molecule has 1 unspecified atom stereocenters. The smallest absolute Gasteiger partial charge is 0.0455 e. The molecule has 2 aromatic rings. The number of aromatic nitrogens is 1. The highest BCUT2D eigenvalue weighted by atomic mass is 15.1. The van der Waals surface area contributed by atoms with Gasteiger partial charge >= 0.3 is 0 Å². The third-order valence-electron chi connectivity index (χ3n) is 3.80. The van der Waals surface area contributed by atoms with E-state index in [0.717, 1.165) is 5.92 Å². The Kier molecular flexibility index (Phi) is 2.67. The summed E-state index contributed by atoms with van der Waals surface area (Å²) in [7, 11) is 4.34. The van der Waals surface area contributed by atoms with Crippen LogP contribution in [-0.4, -0.2) is 29.9 Å². The van der Waals surface area contributed by atoms with Crippen LogP contribution in [-0.2, 0) is 12.8 Å². The van der Waals surface area contributed by atoms with E-state index in [1.165, 1.54) is 37.0 Å². The summed E-state index contributed by atoms with van der Waals surface area (Å²) in [5, 5.41) is 0. The largest absolute Gasteiger partial charge is 0.321 e. The van der Waals surface area contributed by atoms with E-state index >= 15 is 0 Å². The van der Waals surface area contributed by atoms with Crippen molar-refractivity contribution in [2.45, 2.75) is 19.3 Å². The Labute approximate surface area is 103 Å². The quantitative estimate of drug-likeness (QED) is 0.766. The molecule has 2 heteroatoms. The zero-order chi connectivity index (χ0) is 11.8. The molecule has 0 fully saturated rings. The van der Waals surface area contributed by atoms with Gasteiger partial charge in [-0.2, -0.15) is 0 Å². The lowest BCUT2D eigenvalue weighted by Gasteiger charge is -2.25. The van der Waals surface area contributed by atoms with Gasteiger partial charge in [-0.15, -0.1) is 0 Å². The summed E-state index contributed by atoms with van der Waals surface area (Å²) in [5.74, 6) is 0.829. The molecule has 2 heterocycles. The van der Waals surface area contributed by atoms with Gasteiger partial charge in [0.2, 0.25) is 0 Å². The monoisotopic (exact) mass is 228 g/mol. The third kappa shape index (κ3) is 1.98. The van der Waals surface area contributed by atoms with Gasteiger partial charge in [-0.25, -0.2) is 0 Å². The Bertz CT molecular complexity index is 525. The van der Waals surface area contributed by atoms with Crippen molar-refractivity contribution in [3.63, 3.8) is 0 Å². The molecule has 0 aromatic carbocycles. The maximum absolute atomic E-state index is 2.37. The van der Waals surface area contributed by atoms with Crippen molar-refractivity contribution in [1.82, 2.24) is 9.30 Å². The lowest BCUT2D eigenvalue weighted by atomic mass is 9.87. The summed E-state index contributed by atoms with van der Waals surface area (Å²) in [4.78, 5) is 2.31. The van der Waals surface area contributed by atoms with Crippen molar-refractivity contribution in [2.75, 3.05) is 20.6 Å². The van der Waals surface area contributed by atoms with Crippen LogP contribution < -0.4 is 0 Å². The number of pyridine rings is 1. The number of rotatable bonds is 2. The molecule has 1 aliphatic rings. The minimum Gasteiger partial charge on any atom is -0.321 e. The summed E-state index contributed by atoms with van der Waals surface area (Å²) in [5.41, 5.74) is 4.45. The molecule has 0 spiro atoms. The highest BCUT2D eigenvalue weighted by molar-refractivity contribution is 5.54. The first kappa shape index (κ1) is 10.8. The Morgan fingerprint density at radius 1 is 1.35 bits per heavy atom. The molecule has 0 bridgehead atoms. The summed E-state index contributed by atoms with van der Waals surface area (Å²) in [6.07, 6.45) is 5.99. The van der Waals surface area contributed by atoms with E-state index in [4.69, 9.17) is 0 Å². The van der Waals surface area contributed by atoms with Crippen LogP contribution in [0.25, 0.3) is 5.52 Å². The molecule has 0 amide bonds. The summed E-state index contributed by atoms with van der Waals surface area (Å²) >= 11 is 0. The lowest BCUT2D eigenvalue weighted by molar-refractivity contribution is 0.301. The van der Waals surface area contributed by atoms with Gasteiger partial charge in [-0.1, -0.05) is 6.07 Å². The Morgan fingerprint density at radius 2 is 2.24 bits per heavy atom. The van der Waals surface area contributed by atoms with Gasteiger partial charge in [0.25, 0.3) is 0 Å². The molecular formula is C15H20N2. The first-order chi connectivity index (χ1) is 8.24. The van der Waals surface area contributed by atoms with Gasteiger partial charge in [0.05, 0.1) is 0 Å². The molecule has 0 saturated carbocycles. The fourth-order valence-corrected chi connectivity index (χ4v) is 3.12. The average Bonchev–Trinajstić information content (AvgIpc) is 2.65. The van der Waals surface area contributed by atoms with Crippen LogP contribution in [0, 0.1) is 5.92 Å². The first-order valence-corrected chi connectivity index (χ1v) is 6.46. The molecule has 1 aliphatic carbocycles. The molecule has 1 atom stereocenters. The summed E-state index contributed by atoms with van der Waals surface area (Å²) in [6, 6.07) is 8.83. The number of aryl methyl sites for hydroxylation is 1. The number of hydrogen-bond donors (Lipinski definition) is 0. The van der Waals surface area contributed by atoms with E-state index in [-0.39, 0.29) is 0 Å². The van der Waals surface area contributed by atoms with Crippen molar-refractivity contribution in [1.29, 1.82) is 0 Å². The van der Waals surface area contributed by atoms with Crippen LogP contribution >= 0.6 is 0 Å². The molecule has 0 radical (unpaired) electrons. The number of nitrogens with zero attached hydrogens (tertiary/aromatic N) is 2. The normalized spacial score (nSPS) is 19.8. The van der Waals surface area contributed by atoms with E-state index in [2.05, 4.69) is 53.9 Å². The molecule has 90 valence electrons. The molecule has 17 heavy (non-hydrogen) atoms. The highest BCUT2D eigenvalue weighted by Gasteiger charge is 2.21. The van der Waals surface area contributed by atoms with Gasteiger partial charge in [0, 0.05) is 24.0 Å². The minimum absolute atomic E-state index is 0.829. The van der Waals surface area contributed by atoms with Crippen molar-refractivity contribution in [3.05, 3.63) is 41.7 Å². The Balaban J connectivity index is 1.92. The maximum atomic E-state index is 2.37. The maximum Gasteiger partial charge on any atom is 0.0455 e. The number of fused-ring (bicyclic) bond motifs is 3. The van der Waals surface area contributed by atoms with Crippen LogP contribution in [0.3, 0.4) is 0 Å². The van der Waals surface area contributed by atoms with Crippen LogP contribution in [0.1, 0.15) is 17.7 Å². The van der Waals surface area contributed by atoms with Crippen LogP contribution in [0.15, 0.2) is 30.5 Å². The van der Waals surface area contributed by atoms with E-state index in [1.54, 1.807) is 5.56 Å². The topological polar surface area (TPSA) is 7.65 Å². The van der Waals surface area contributed by atoms with E-state index in [0.29, 0.717) is 0 Å². The summed E-state index contributed by atoms with van der Waals surface area (Å²) in [6.45, 7) is 1.21. The predicted octanol–water partition coefficient (Wildman–Crippen LogP) is 2.61. The van der Waals surface area contributed by atoms with Crippen molar-refractivity contribution < 1.29 is 0 Å². The third-order valence-corrected chi connectivity index (χ3v) is 3.80. The number of hydrogen-bond acceptors (Lipinski definition) is 1. The fraction of sp³-hybridized carbons (Fsp3) is 0.467. The second-order valence-electron chi connectivity index (χ2n) is 5.48. The zero-order valence-corrected chi connectivity index (χ0v) is 10.7. The van der Waals surface area contributed by atoms with Crippen LogP contribution in [0.4, 0.5) is 0 Å². The second kappa shape index (κ2) is 4.19. The molecule has 2 nitrogen and oxygen atoms in total. The first-order valence-electron chi connectivity index (χ1n) is 6.46. The lowest BCUT2D eigenvalue weighted by Crippen LogP contribution is -2.26. The van der Waals surface area contributed by atoms with E-state index in [9.17, 15) is 0 Å². The second-order valence-corrected chi connectivity index (χ2v) is 5.48. The Morgan fingerprint density at radius 3 is 3.06 bits per heavy atom. The van der Waals surface area contributed by atoms with Gasteiger partial charge in [0.1, 0.15) is 0 Å². The molecule has 0 aliphatic heterocycles. The average molecular weight is 228 g/mol. The SMILES string of the molecule is CN(C)CC1CCc2c(cc3ccccn23)C1. The van der Waals surface area contributed by atoms with Crippen LogP contribution in [0.2, 0.25) is 0 Å². The van der Waals surface area contributed by atoms with Crippen molar-refractivity contribution in [3.8, 4) is 0 Å². The van der Waals surface area contributed by atoms with Crippen LogP contribution in [0.5, 0.6) is 0 Å². The fourth-order valence-electron chi connectivity index (χ4n) is 3.12. The van der Waals surface area contributed by atoms with E-state index < -0.39 is 0 Å².